The fourth-order valence-corrected chi connectivity index (χ4v) is 3.10. The second-order valence-corrected chi connectivity index (χ2v) is 6.28. The lowest BCUT2D eigenvalue weighted by Gasteiger charge is -2.10. The van der Waals surface area contributed by atoms with Gasteiger partial charge in [-0.15, -0.1) is 0 Å². The summed E-state index contributed by atoms with van der Waals surface area (Å²) >= 11 is 0. The minimum absolute atomic E-state index is 0.0430. The topological polar surface area (TPSA) is 84.2 Å². The molecule has 0 saturated carbocycles. The Balaban J connectivity index is 2.24. The lowest BCUT2D eigenvalue weighted by Crippen LogP contribution is -2.25. The Kier molecular flexibility index (Phi) is 4.71. The van der Waals surface area contributed by atoms with Gasteiger partial charge < -0.3 is 9.84 Å². The van der Waals surface area contributed by atoms with Crippen LogP contribution in [-0.2, 0) is 23.1 Å². The summed E-state index contributed by atoms with van der Waals surface area (Å²) in [4.78, 5) is -0.0897. The molecule has 6 nitrogen and oxygen atoms in total. The molecule has 2 rings (SSSR count). The first kappa shape index (κ1) is 15.6. The summed E-state index contributed by atoms with van der Waals surface area (Å²) in [5.74, 6) is -0.214. The summed E-state index contributed by atoms with van der Waals surface area (Å²) in [6.07, 6.45) is 0. The molecule has 0 saturated heterocycles. The molecule has 114 valence electrons. The van der Waals surface area contributed by atoms with E-state index in [0.29, 0.717) is 23.6 Å². The van der Waals surface area contributed by atoms with Gasteiger partial charge in [0.2, 0.25) is 10.0 Å². The van der Waals surface area contributed by atoms with Crippen LogP contribution < -0.4 is 10.0 Å². The normalized spacial score (nSPS) is 11.8. The summed E-state index contributed by atoms with van der Waals surface area (Å²) in [6, 6.07) is 5.30. The molecule has 0 aliphatic rings. The number of halogens is 1. The van der Waals surface area contributed by atoms with E-state index in [9.17, 15) is 12.8 Å². The molecule has 0 aliphatic carbocycles. The van der Waals surface area contributed by atoms with Crippen molar-refractivity contribution in [2.75, 3.05) is 7.05 Å². The SMILES string of the molecule is CNCc1ccc(F)cc1S(=O)(=O)NCc1cc(C)no1. The van der Waals surface area contributed by atoms with E-state index in [1.165, 1.54) is 12.1 Å². The molecule has 1 aromatic carbocycles. The van der Waals surface area contributed by atoms with Crippen molar-refractivity contribution in [1.82, 2.24) is 15.2 Å². The van der Waals surface area contributed by atoms with Crippen LogP contribution in [0.2, 0.25) is 0 Å². The first-order chi connectivity index (χ1) is 9.92. The van der Waals surface area contributed by atoms with Gasteiger partial charge in [0.15, 0.2) is 5.76 Å². The van der Waals surface area contributed by atoms with Gasteiger partial charge in [0.25, 0.3) is 0 Å². The van der Waals surface area contributed by atoms with Crippen molar-refractivity contribution in [2.24, 2.45) is 0 Å². The fraction of sp³-hybridized carbons (Fsp3) is 0.308. The number of aryl methyl sites for hydroxylation is 1. The van der Waals surface area contributed by atoms with E-state index in [1.807, 2.05) is 0 Å². The summed E-state index contributed by atoms with van der Waals surface area (Å²) in [5, 5.41) is 6.52. The van der Waals surface area contributed by atoms with Crippen molar-refractivity contribution in [3.8, 4) is 0 Å². The lowest BCUT2D eigenvalue weighted by atomic mass is 10.2. The standard InChI is InChI=1S/C13H16FN3O3S/c1-9-5-12(20-17-9)8-16-21(18,19)13-6-11(14)4-3-10(13)7-15-2/h3-6,15-16H,7-8H2,1-2H3. The number of nitrogens with zero attached hydrogens (tertiary/aromatic N) is 1. The van der Waals surface area contributed by atoms with Crippen molar-refractivity contribution in [3.63, 3.8) is 0 Å². The highest BCUT2D eigenvalue weighted by Crippen LogP contribution is 2.18. The molecule has 0 radical (unpaired) electrons. The van der Waals surface area contributed by atoms with Crippen LogP contribution in [0.1, 0.15) is 17.0 Å². The first-order valence-corrected chi connectivity index (χ1v) is 7.75. The molecule has 1 aromatic heterocycles. The third-order valence-corrected chi connectivity index (χ3v) is 4.28. The van der Waals surface area contributed by atoms with Crippen molar-refractivity contribution in [1.29, 1.82) is 0 Å². The molecule has 0 spiro atoms. The summed E-state index contributed by atoms with van der Waals surface area (Å²) in [5.41, 5.74) is 1.14. The molecular formula is C13H16FN3O3S. The molecule has 0 bridgehead atoms. The average molecular weight is 313 g/mol. The van der Waals surface area contributed by atoms with E-state index in [1.54, 1.807) is 20.0 Å². The van der Waals surface area contributed by atoms with E-state index in [2.05, 4.69) is 15.2 Å². The first-order valence-electron chi connectivity index (χ1n) is 6.27. The van der Waals surface area contributed by atoms with Crippen LogP contribution in [0, 0.1) is 12.7 Å². The molecule has 21 heavy (non-hydrogen) atoms. The molecule has 0 unspecified atom stereocenters. The quantitative estimate of drug-likeness (QED) is 0.840. The van der Waals surface area contributed by atoms with Gasteiger partial charge in [-0.05, 0) is 31.7 Å². The molecule has 0 fully saturated rings. The van der Waals surface area contributed by atoms with Gasteiger partial charge in [0, 0.05) is 12.6 Å². The maximum atomic E-state index is 13.3. The van der Waals surface area contributed by atoms with Crippen LogP contribution >= 0.6 is 0 Å². The number of benzene rings is 1. The minimum atomic E-state index is -3.84. The van der Waals surface area contributed by atoms with Crippen LogP contribution in [0.3, 0.4) is 0 Å². The van der Waals surface area contributed by atoms with Crippen LogP contribution in [0.25, 0.3) is 0 Å². The molecule has 0 atom stereocenters. The highest BCUT2D eigenvalue weighted by Gasteiger charge is 2.19. The van der Waals surface area contributed by atoms with Crippen molar-refractivity contribution >= 4 is 10.0 Å². The maximum absolute atomic E-state index is 13.3. The molecule has 0 aliphatic heterocycles. The number of sulfonamides is 1. The predicted octanol–water partition coefficient (Wildman–Crippen LogP) is 1.32. The van der Waals surface area contributed by atoms with E-state index in [-0.39, 0.29) is 11.4 Å². The Morgan fingerprint density at radius 3 is 2.67 bits per heavy atom. The van der Waals surface area contributed by atoms with E-state index in [4.69, 9.17) is 4.52 Å². The van der Waals surface area contributed by atoms with E-state index < -0.39 is 15.8 Å². The summed E-state index contributed by atoms with van der Waals surface area (Å²) in [7, 11) is -2.16. The zero-order valence-electron chi connectivity index (χ0n) is 11.7. The number of hydrogen-bond acceptors (Lipinski definition) is 5. The van der Waals surface area contributed by atoms with Gasteiger partial charge in [-0.3, -0.25) is 0 Å². The second-order valence-electron chi connectivity index (χ2n) is 4.54. The molecule has 1 heterocycles. The number of hydrogen-bond donors (Lipinski definition) is 2. The minimum Gasteiger partial charge on any atom is -0.360 e. The second kappa shape index (κ2) is 6.33. The van der Waals surface area contributed by atoms with Crippen LogP contribution in [-0.4, -0.2) is 20.6 Å². The van der Waals surface area contributed by atoms with Crippen LogP contribution in [0.15, 0.2) is 33.7 Å². The highest BCUT2D eigenvalue weighted by atomic mass is 32.2. The Labute approximate surface area is 122 Å². The Morgan fingerprint density at radius 1 is 1.29 bits per heavy atom. The van der Waals surface area contributed by atoms with Crippen LogP contribution in [0.4, 0.5) is 4.39 Å². The number of rotatable bonds is 6. The number of nitrogens with one attached hydrogen (secondary N) is 2. The highest BCUT2D eigenvalue weighted by molar-refractivity contribution is 7.89. The Hall–Kier alpha value is -1.77. The third-order valence-electron chi connectivity index (χ3n) is 2.80. The fourth-order valence-electron chi connectivity index (χ4n) is 1.86. The van der Waals surface area contributed by atoms with Gasteiger partial charge in [0.05, 0.1) is 17.1 Å². The third kappa shape index (κ3) is 3.87. The average Bonchev–Trinajstić information content (AvgIpc) is 2.85. The zero-order valence-corrected chi connectivity index (χ0v) is 12.5. The van der Waals surface area contributed by atoms with Gasteiger partial charge in [-0.1, -0.05) is 11.2 Å². The van der Waals surface area contributed by atoms with Crippen molar-refractivity contribution in [3.05, 3.63) is 47.1 Å². The number of aromatic nitrogens is 1. The van der Waals surface area contributed by atoms with Gasteiger partial charge in [-0.2, -0.15) is 0 Å². The van der Waals surface area contributed by atoms with Crippen LogP contribution in [0.5, 0.6) is 0 Å². The van der Waals surface area contributed by atoms with Gasteiger partial charge in [0.1, 0.15) is 5.82 Å². The Morgan fingerprint density at radius 2 is 2.05 bits per heavy atom. The van der Waals surface area contributed by atoms with Crippen molar-refractivity contribution in [2.45, 2.75) is 24.9 Å². The van der Waals surface area contributed by atoms with E-state index >= 15 is 0 Å². The largest absolute Gasteiger partial charge is 0.360 e. The molecule has 0 amide bonds. The predicted molar refractivity (Wildman–Crippen MR) is 74.4 cm³/mol. The maximum Gasteiger partial charge on any atom is 0.241 e. The van der Waals surface area contributed by atoms with E-state index in [0.717, 1.165) is 6.07 Å². The van der Waals surface area contributed by atoms with Gasteiger partial charge >= 0.3 is 0 Å². The summed E-state index contributed by atoms with van der Waals surface area (Å²) < 4.78 is 45.2. The molecular weight excluding hydrogens is 297 g/mol. The van der Waals surface area contributed by atoms with Crippen molar-refractivity contribution < 1.29 is 17.3 Å². The van der Waals surface area contributed by atoms with Gasteiger partial charge in [-0.25, -0.2) is 17.5 Å². The molecule has 2 N–H and O–H groups in total. The zero-order chi connectivity index (χ0) is 15.5. The Bertz CT molecular complexity index is 728. The lowest BCUT2D eigenvalue weighted by molar-refractivity contribution is 0.377. The monoisotopic (exact) mass is 313 g/mol. The summed E-state index contributed by atoms with van der Waals surface area (Å²) in [6.45, 7) is 2.01. The molecule has 8 heteroatoms. The molecule has 2 aromatic rings. The smallest absolute Gasteiger partial charge is 0.241 e.